The van der Waals surface area contributed by atoms with Gasteiger partial charge < -0.3 is 5.11 Å². The van der Waals surface area contributed by atoms with Gasteiger partial charge >= 0.3 is 0 Å². The number of pyridine rings is 1. The number of nitro groups is 1. The Bertz CT molecular complexity index is 505. The van der Waals surface area contributed by atoms with Gasteiger partial charge in [-0.2, -0.15) is 0 Å². The highest BCUT2D eigenvalue weighted by Crippen LogP contribution is 2.26. The molecule has 110 valence electrons. The molecule has 1 N–H and O–H groups in total. The van der Waals surface area contributed by atoms with Crippen LogP contribution in [0.25, 0.3) is 0 Å². The summed E-state index contributed by atoms with van der Waals surface area (Å²) in [5.74, 6) is 0.310. The fraction of sp³-hybridized carbons (Fsp3) is 0.643. The summed E-state index contributed by atoms with van der Waals surface area (Å²) in [4.78, 5) is 17.4. The van der Waals surface area contributed by atoms with Crippen LogP contribution in [-0.2, 0) is 6.54 Å². The molecule has 6 heteroatoms. The Morgan fingerprint density at radius 1 is 1.55 bits per heavy atom. The molecule has 0 aromatic carbocycles. The predicted molar refractivity (Wildman–Crippen MR) is 75.5 cm³/mol. The van der Waals surface area contributed by atoms with Crippen LogP contribution in [0.3, 0.4) is 0 Å². The lowest BCUT2D eigenvalue weighted by Gasteiger charge is -2.31. The molecule has 1 aromatic heterocycles. The number of aryl methyl sites for hydroxylation is 1. The number of aromatic nitrogens is 1. The van der Waals surface area contributed by atoms with Crippen molar-refractivity contribution in [2.24, 2.45) is 5.92 Å². The summed E-state index contributed by atoms with van der Waals surface area (Å²) in [6.07, 6.45) is 3.68. The average Bonchev–Trinajstić information content (AvgIpc) is 2.42. The second-order valence-corrected chi connectivity index (χ2v) is 5.54. The van der Waals surface area contributed by atoms with Crippen molar-refractivity contribution in [3.8, 4) is 0 Å². The van der Waals surface area contributed by atoms with E-state index < -0.39 is 0 Å². The Morgan fingerprint density at radius 2 is 2.30 bits per heavy atom. The van der Waals surface area contributed by atoms with Crippen LogP contribution < -0.4 is 0 Å². The second kappa shape index (κ2) is 6.28. The fourth-order valence-corrected chi connectivity index (χ4v) is 2.86. The molecule has 1 aliphatic rings. The van der Waals surface area contributed by atoms with E-state index in [1.807, 2.05) is 0 Å². The minimum absolute atomic E-state index is 0.172. The number of likely N-dealkylation sites (tertiary alicyclic amines) is 1. The molecule has 1 fully saturated rings. The van der Waals surface area contributed by atoms with E-state index in [0.717, 1.165) is 31.6 Å². The first kappa shape index (κ1) is 14.9. The summed E-state index contributed by atoms with van der Waals surface area (Å²) in [7, 11) is 0. The molecule has 1 saturated heterocycles. The molecule has 1 atom stereocenters. The molecule has 2 rings (SSSR count). The molecular weight excluding hydrogens is 258 g/mol. The molecular formula is C14H21N3O3. The lowest BCUT2D eigenvalue weighted by atomic mass is 9.98. The van der Waals surface area contributed by atoms with Crippen molar-refractivity contribution < 1.29 is 10.0 Å². The third-order valence-electron chi connectivity index (χ3n) is 3.99. The summed E-state index contributed by atoms with van der Waals surface area (Å²) >= 11 is 0. The van der Waals surface area contributed by atoms with E-state index in [4.69, 9.17) is 0 Å². The second-order valence-electron chi connectivity index (χ2n) is 5.54. The van der Waals surface area contributed by atoms with E-state index in [9.17, 15) is 15.2 Å². The Morgan fingerprint density at radius 3 is 2.95 bits per heavy atom. The van der Waals surface area contributed by atoms with E-state index in [1.165, 1.54) is 0 Å². The zero-order valence-corrected chi connectivity index (χ0v) is 12.0. The van der Waals surface area contributed by atoms with Gasteiger partial charge in [-0.3, -0.25) is 20.0 Å². The van der Waals surface area contributed by atoms with Crippen molar-refractivity contribution in [1.82, 2.24) is 9.88 Å². The molecule has 0 radical (unpaired) electrons. The normalized spacial score (nSPS) is 20.1. The molecule has 20 heavy (non-hydrogen) atoms. The zero-order chi connectivity index (χ0) is 14.7. The minimum atomic E-state index is -0.331. The first-order chi connectivity index (χ1) is 9.52. The van der Waals surface area contributed by atoms with E-state index >= 15 is 0 Å². The van der Waals surface area contributed by atoms with Crippen LogP contribution in [0.15, 0.2) is 6.20 Å². The van der Waals surface area contributed by atoms with Gasteiger partial charge in [0, 0.05) is 37.0 Å². The summed E-state index contributed by atoms with van der Waals surface area (Å²) in [5.41, 5.74) is 2.19. The standard InChI is InChI=1S/C14H21N3O3/c1-10-6-15-13(11(2)14(10)17(19)20)8-16-5-3-4-12(7-16)9-18/h6,12,18H,3-5,7-9H2,1-2H3. The van der Waals surface area contributed by atoms with E-state index in [2.05, 4.69) is 9.88 Å². The number of hydrogen-bond donors (Lipinski definition) is 1. The number of nitrogens with zero attached hydrogens (tertiary/aromatic N) is 3. The quantitative estimate of drug-likeness (QED) is 0.671. The number of rotatable bonds is 4. The Kier molecular flexibility index (Phi) is 4.67. The molecule has 2 heterocycles. The monoisotopic (exact) mass is 279 g/mol. The molecule has 0 spiro atoms. The van der Waals surface area contributed by atoms with Gasteiger partial charge in [-0.25, -0.2) is 0 Å². The molecule has 0 bridgehead atoms. The van der Waals surface area contributed by atoms with Gasteiger partial charge in [0.2, 0.25) is 0 Å². The summed E-state index contributed by atoms with van der Waals surface area (Å²) < 4.78 is 0. The van der Waals surface area contributed by atoms with Gasteiger partial charge in [0.15, 0.2) is 0 Å². The molecule has 1 unspecified atom stereocenters. The molecule has 1 aromatic rings. The molecule has 0 amide bonds. The smallest absolute Gasteiger partial charge is 0.278 e. The molecule has 1 aliphatic heterocycles. The number of piperidine rings is 1. The SMILES string of the molecule is Cc1cnc(CN2CCCC(CO)C2)c(C)c1[N+](=O)[O-]. The van der Waals surface area contributed by atoms with Crippen LogP contribution in [0.4, 0.5) is 5.69 Å². The minimum Gasteiger partial charge on any atom is -0.396 e. The highest BCUT2D eigenvalue weighted by atomic mass is 16.6. The molecule has 0 aliphatic carbocycles. The van der Waals surface area contributed by atoms with Crippen LogP contribution in [0, 0.1) is 29.9 Å². The van der Waals surface area contributed by atoms with Crippen molar-refractivity contribution in [3.63, 3.8) is 0 Å². The van der Waals surface area contributed by atoms with Gasteiger partial charge in [-0.05, 0) is 39.2 Å². The van der Waals surface area contributed by atoms with E-state index in [1.54, 1.807) is 20.0 Å². The summed E-state index contributed by atoms with van der Waals surface area (Å²) in [5, 5.41) is 20.4. The maximum Gasteiger partial charge on any atom is 0.278 e. The van der Waals surface area contributed by atoms with Gasteiger partial charge in [0.25, 0.3) is 5.69 Å². The maximum absolute atomic E-state index is 11.1. The Labute approximate surface area is 118 Å². The van der Waals surface area contributed by atoms with E-state index in [-0.39, 0.29) is 17.2 Å². The van der Waals surface area contributed by atoms with Gasteiger partial charge in [-0.1, -0.05) is 0 Å². The zero-order valence-electron chi connectivity index (χ0n) is 12.0. The largest absolute Gasteiger partial charge is 0.396 e. The van der Waals surface area contributed by atoms with Crippen LogP contribution in [0.2, 0.25) is 0 Å². The average molecular weight is 279 g/mol. The van der Waals surface area contributed by atoms with Crippen LogP contribution >= 0.6 is 0 Å². The third kappa shape index (κ3) is 3.13. The first-order valence-corrected chi connectivity index (χ1v) is 6.95. The highest BCUT2D eigenvalue weighted by Gasteiger charge is 2.23. The predicted octanol–water partition coefficient (Wildman–Crippen LogP) is 1.81. The lowest BCUT2D eigenvalue weighted by Crippen LogP contribution is -2.36. The fourth-order valence-electron chi connectivity index (χ4n) is 2.86. The van der Waals surface area contributed by atoms with Gasteiger partial charge in [-0.15, -0.1) is 0 Å². The Balaban J connectivity index is 2.17. The van der Waals surface area contributed by atoms with Crippen molar-refractivity contribution in [1.29, 1.82) is 0 Å². The van der Waals surface area contributed by atoms with Crippen LogP contribution in [-0.4, -0.2) is 39.6 Å². The van der Waals surface area contributed by atoms with Crippen molar-refractivity contribution in [2.45, 2.75) is 33.2 Å². The number of hydrogen-bond acceptors (Lipinski definition) is 5. The highest BCUT2D eigenvalue weighted by molar-refractivity contribution is 5.47. The molecule has 6 nitrogen and oxygen atoms in total. The van der Waals surface area contributed by atoms with E-state index in [0.29, 0.717) is 23.6 Å². The topological polar surface area (TPSA) is 79.5 Å². The van der Waals surface area contributed by atoms with Crippen LogP contribution in [0.1, 0.15) is 29.7 Å². The van der Waals surface area contributed by atoms with Gasteiger partial charge in [0.1, 0.15) is 0 Å². The summed E-state index contributed by atoms with van der Waals surface area (Å²) in [6.45, 7) is 6.09. The molecule has 0 saturated carbocycles. The first-order valence-electron chi connectivity index (χ1n) is 6.95. The summed E-state index contributed by atoms with van der Waals surface area (Å²) in [6, 6.07) is 0. The van der Waals surface area contributed by atoms with Crippen LogP contribution in [0.5, 0.6) is 0 Å². The third-order valence-corrected chi connectivity index (χ3v) is 3.99. The maximum atomic E-state index is 11.1. The number of aliphatic hydroxyl groups is 1. The van der Waals surface area contributed by atoms with Crippen molar-refractivity contribution >= 4 is 5.69 Å². The Hall–Kier alpha value is -1.53. The lowest BCUT2D eigenvalue weighted by molar-refractivity contribution is -0.386. The van der Waals surface area contributed by atoms with Crippen molar-refractivity contribution in [3.05, 3.63) is 33.1 Å². The number of aliphatic hydroxyl groups excluding tert-OH is 1. The van der Waals surface area contributed by atoms with Crippen molar-refractivity contribution in [2.75, 3.05) is 19.7 Å². The van der Waals surface area contributed by atoms with Gasteiger partial charge in [0.05, 0.1) is 10.6 Å².